The van der Waals surface area contributed by atoms with E-state index >= 15 is 0 Å². The van der Waals surface area contributed by atoms with Gasteiger partial charge in [0.05, 0.1) is 14.2 Å². The number of methoxy groups -OCH3 is 2. The van der Waals surface area contributed by atoms with Crippen molar-refractivity contribution >= 4 is 0 Å². The van der Waals surface area contributed by atoms with Crippen LogP contribution in [0, 0.1) is 0 Å². The second-order valence-corrected chi connectivity index (χ2v) is 5.32. The van der Waals surface area contributed by atoms with Crippen LogP contribution in [0.3, 0.4) is 0 Å². The molecule has 5 heteroatoms. The Morgan fingerprint density at radius 3 is 2.45 bits per heavy atom. The first-order valence-corrected chi connectivity index (χ1v) is 7.02. The molecule has 1 unspecified atom stereocenters. The molecule has 1 heterocycles. The zero-order valence-electron chi connectivity index (χ0n) is 12.6. The smallest absolute Gasteiger partial charge is 0.127 e. The van der Waals surface area contributed by atoms with Crippen LogP contribution in [-0.2, 0) is 0 Å². The van der Waals surface area contributed by atoms with E-state index in [4.69, 9.17) is 15.2 Å². The largest absolute Gasteiger partial charge is 0.497 e. The van der Waals surface area contributed by atoms with E-state index in [1.165, 1.54) is 0 Å². The van der Waals surface area contributed by atoms with Crippen LogP contribution in [0.2, 0.25) is 0 Å². The quantitative estimate of drug-likeness (QED) is 0.870. The highest BCUT2D eigenvalue weighted by Gasteiger charge is 2.19. The van der Waals surface area contributed by atoms with E-state index in [1.807, 2.05) is 18.2 Å². The molecule has 0 amide bonds. The minimum absolute atomic E-state index is 0.0423. The van der Waals surface area contributed by atoms with Gasteiger partial charge in [-0.05, 0) is 13.1 Å². The highest BCUT2D eigenvalue weighted by atomic mass is 16.5. The van der Waals surface area contributed by atoms with E-state index in [9.17, 15) is 0 Å². The summed E-state index contributed by atoms with van der Waals surface area (Å²) in [5.74, 6) is 1.59. The van der Waals surface area contributed by atoms with Crippen LogP contribution in [0.25, 0.3) is 0 Å². The maximum absolute atomic E-state index is 6.35. The van der Waals surface area contributed by atoms with Crippen LogP contribution in [0.1, 0.15) is 11.6 Å². The average molecular weight is 279 g/mol. The Morgan fingerprint density at radius 2 is 1.85 bits per heavy atom. The number of likely N-dealkylation sites (N-methyl/N-ethyl adjacent to an activating group) is 1. The number of benzene rings is 1. The lowest BCUT2D eigenvalue weighted by molar-refractivity contribution is 0.147. The SMILES string of the molecule is COc1ccc(C(N)CN2CCN(C)CC2)c(OC)c1. The van der Waals surface area contributed by atoms with Crippen LogP contribution in [-0.4, -0.2) is 63.8 Å². The fourth-order valence-corrected chi connectivity index (χ4v) is 2.53. The summed E-state index contributed by atoms with van der Waals surface area (Å²) in [5, 5.41) is 0. The average Bonchev–Trinajstić information content (AvgIpc) is 2.48. The van der Waals surface area contributed by atoms with E-state index in [2.05, 4.69) is 16.8 Å². The highest BCUT2D eigenvalue weighted by Crippen LogP contribution is 2.28. The van der Waals surface area contributed by atoms with Gasteiger partial charge in [0.1, 0.15) is 11.5 Å². The molecule has 0 radical (unpaired) electrons. The van der Waals surface area contributed by atoms with Crippen molar-refractivity contribution in [1.82, 2.24) is 9.80 Å². The number of hydrogen-bond acceptors (Lipinski definition) is 5. The van der Waals surface area contributed by atoms with Crippen molar-refractivity contribution in [3.8, 4) is 11.5 Å². The number of rotatable bonds is 5. The summed E-state index contributed by atoms with van der Waals surface area (Å²) >= 11 is 0. The van der Waals surface area contributed by atoms with Crippen molar-refractivity contribution < 1.29 is 9.47 Å². The Hall–Kier alpha value is -1.30. The molecule has 0 aromatic heterocycles. The van der Waals surface area contributed by atoms with Crippen molar-refractivity contribution in [2.75, 3.05) is 54.0 Å². The summed E-state index contributed by atoms with van der Waals surface area (Å²) in [4.78, 5) is 4.75. The van der Waals surface area contributed by atoms with E-state index in [0.29, 0.717) is 0 Å². The van der Waals surface area contributed by atoms with Gasteiger partial charge in [-0.1, -0.05) is 6.07 Å². The number of hydrogen-bond donors (Lipinski definition) is 1. The molecule has 0 saturated carbocycles. The molecule has 112 valence electrons. The summed E-state index contributed by atoms with van der Waals surface area (Å²) < 4.78 is 10.6. The Bertz CT molecular complexity index is 431. The second kappa shape index (κ2) is 6.92. The molecule has 5 nitrogen and oxygen atoms in total. The van der Waals surface area contributed by atoms with Crippen LogP contribution in [0.4, 0.5) is 0 Å². The summed E-state index contributed by atoms with van der Waals surface area (Å²) in [6, 6.07) is 5.78. The lowest BCUT2D eigenvalue weighted by atomic mass is 10.1. The minimum atomic E-state index is -0.0423. The predicted octanol–water partition coefficient (Wildman–Crippen LogP) is 0.951. The summed E-state index contributed by atoms with van der Waals surface area (Å²) in [5.41, 5.74) is 7.39. The van der Waals surface area contributed by atoms with Gasteiger partial charge < -0.3 is 20.1 Å². The third kappa shape index (κ3) is 3.62. The predicted molar refractivity (Wildman–Crippen MR) is 80.4 cm³/mol. The fourth-order valence-electron chi connectivity index (χ4n) is 2.53. The van der Waals surface area contributed by atoms with E-state index < -0.39 is 0 Å². The number of ether oxygens (including phenoxy) is 2. The van der Waals surface area contributed by atoms with E-state index in [0.717, 1.165) is 49.8 Å². The van der Waals surface area contributed by atoms with Gasteiger partial charge in [0.15, 0.2) is 0 Å². The molecule has 1 fully saturated rings. The van der Waals surface area contributed by atoms with Gasteiger partial charge in [-0.25, -0.2) is 0 Å². The van der Waals surface area contributed by atoms with Gasteiger partial charge in [-0.2, -0.15) is 0 Å². The first kappa shape index (κ1) is 15.1. The van der Waals surface area contributed by atoms with Crippen LogP contribution >= 0.6 is 0 Å². The van der Waals surface area contributed by atoms with Crippen molar-refractivity contribution in [3.05, 3.63) is 23.8 Å². The van der Waals surface area contributed by atoms with E-state index in [1.54, 1.807) is 14.2 Å². The molecule has 0 aliphatic carbocycles. The zero-order chi connectivity index (χ0) is 14.5. The molecule has 1 aromatic carbocycles. The molecule has 1 aromatic rings. The minimum Gasteiger partial charge on any atom is -0.497 e. The molecule has 1 aliphatic rings. The van der Waals surface area contributed by atoms with Crippen LogP contribution < -0.4 is 15.2 Å². The summed E-state index contributed by atoms with van der Waals surface area (Å²) in [6.07, 6.45) is 0. The number of nitrogens with two attached hydrogens (primary N) is 1. The summed E-state index contributed by atoms with van der Waals surface area (Å²) in [7, 11) is 5.48. The lowest BCUT2D eigenvalue weighted by Crippen LogP contribution is -2.46. The third-order valence-corrected chi connectivity index (χ3v) is 3.89. The molecule has 2 rings (SSSR count). The maximum atomic E-state index is 6.35. The second-order valence-electron chi connectivity index (χ2n) is 5.32. The number of piperazine rings is 1. The molecule has 2 N–H and O–H groups in total. The highest BCUT2D eigenvalue weighted by molar-refractivity contribution is 5.42. The zero-order valence-corrected chi connectivity index (χ0v) is 12.6. The van der Waals surface area contributed by atoms with Gasteiger partial charge >= 0.3 is 0 Å². The Labute approximate surface area is 121 Å². The Balaban J connectivity index is 2.03. The molecule has 20 heavy (non-hydrogen) atoms. The molecule has 1 atom stereocenters. The lowest BCUT2D eigenvalue weighted by Gasteiger charge is -2.34. The van der Waals surface area contributed by atoms with Gasteiger partial charge in [0.2, 0.25) is 0 Å². The fraction of sp³-hybridized carbons (Fsp3) is 0.600. The van der Waals surface area contributed by atoms with E-state index in [-0.39, 0.29) is 6.04 Å². The molecule has 0 bridgehead atoms. The molecular weight excluding hydrogens is 254 g/mol. The summed E-state index contributed by atoms with van der Waals surface area (Å²) in [6.45, 7) is 5.21. The maximum Gasteiger partial charge on any atom is 0.127 e. The Morgan fingerprint density at radius 1 is 1.15 bits per heavy atom. The standard InChI is InChI=1S/C15H25N3O2/c1-17-6-8-18(9-7-17)11-14(16)13-5-4-12(19-2)10-15(13)20-3/h4-5,10,14H,6-9,11,16H2,1-3H3. The molecule has 0 spiro atoms. The molecule has 1 aliphatic heterocycles. The van der Waals surface area contributed by atoms with Crippen molar-refractivity contribution in [3.63, 3.8) is 0 Å². The third-order valence-electron chi connectivity index (χ3n) is 3.89. The topological polar surface area (TPSA) is 51.0 Å². The molecular formula is C15H25N3O2. The van der Waals surface area contributed by atoms with Crippen molar-refractivity contribution in [2.45, 2.75) is 6.04 Å². The van der Waals surface area contributed by atoms with Gasteiger partial charge in [0, 0.05) is 50.4 Å². The first-order valence-electron chi connectivity index (χ1n) is 7.02. The Kier molecular flexibility index (Phi) is 5.23. The molecule has 1 saturated heterocycles. The van der Waals surface area contributed by atoms with Gasteiger partial charge in [-0.3, -0.25) is 4.90 Å². The van der Waals surface area contributed by atoms with Crippen LogP contribution in [0.15, 0.2) is 18.2 Å². The monoisotopic (exact) mass is 279 g/mol. The number of nitrogens with zero attached hydrogens (tertiary/aromatic N) is 2. The van der Waals surface area contributed by atoms with Crippen molar-refractivity contribution in [2.24, 2.45) is 5.73 Å². The van der Waals surface area contributed by atoms with Gasteiger partial charge in [-0.15, -0.1) is 0 Å². The first-order chi connectivity index (χ1) is 9.63. The van der Waals surface area contributed by atoms with Crippen molar-refractivity contribution in [1.29, 1.82) is 0 Å². The van der Waals surface area contributed by atoms with Gasteiger partial charge in [0.25, 0.3) is 0 Å². The normalized spacial score (nSPS) is 18.8. The van der Waals surface area contributed by atoms with Crippen LogP contribution in [0.5, 0.6) is 11.5 Å².